The average molecular weight is 298 g/mol. The van der Waals surface area contributed by atoms with E-state index in [1.165, 1.54) is 7.11 Å². The van der Waals surface area contributed by atoms with Gasteiger partial charge in [-0.05, 0) is 31.0 Å². The van der Waals surface area contributed by atoms with Crippen LogP contribution in [-0.2, 0) is 4.79 Å². The zero-order chi connectivity index (χ0) is 14.7. The van der Waals surface area contributed by atoms with Gasteiger partial charge in [-0.1, -0.05) is 11.6 Å². The number of carboxylic acid groups (broad SMARTS) is 1. The fourth-order valence-corrected chi connectivity index (χ4v) is 2.50. The van der Waals surface area contributed by atoms with Gasteiger partial charge in [-0.25, -0.2) is 0 Å². The summed E-state index contributed by atoms with van der Waals surface area (Å²) >= 11 is 5.93. The van der Waals surface area contributed by atoms with Crippen LogP contribution in [0.4, 0.5) is 0 Å². The Morgan fingerprint density at radius 3 is 2.55 bits per heavy atom. The lowest BCUT2D eigenvalue weighted by molar-refractivity contribution is -0.143. The predicted octanol–water partition coefficient (Wildman–Crippen LogP) is 2.29. The third-order valence-corrected chi connectivity index (χ3v) is 3.84. The van der Waals surface area contributed by atoms with E-state index in [4.69, 9.17) is 21.4 Å². The van der Waals surface area contributed by atoms with Gasteiger partial charge < -0.3 is 14.7 Å². The van der Waals surface area contributed by atoms with Crippen molar-refractivity contribution in [2.75, 3.05) is 20.2 Å². The van der Waals surface area contributed by atoms with Gasteiger partial charge in [0.25, 0.3) is 5.91 Å². The second-order valence-corrected chi connectivity index (χ2v) is 5.16. The summed E-state index contributed by atoms with van der Waals surface area (Å²) in [5.41, 5.74) is 0.500. The van der Waals surface area contributed by atoms with E-state index in [1.54, 1.807) is 23.1 Å². The van der Waals surface area contributed by atoms with Gasteiger partial charge in [0.05, 0.1) is 18.1 Å². The number of halogens is 1. The molecule has 1 amide bonds. The van der Waals surface area contributed by atoms with Gasteiger partial charge in [0.1, 0.15) is 5.75 Å². The monoisotopic (exact) mass is 297 g/mol. The van der Waals surface area contributed by atoms with Crippen LogP contribution < -0.4 is 4.74 Å². The van der Waals surface area contributed by atoms with Crippen molar-refractivity contribution in [2.24, 2.45) is 5.92 Å². The second kappa shape index (κ2) is 6.13. The first-order valence-electron chi connectivity index (χ1n) is 6.38. The highest BCUT2D eigenvalue weighted by molar-refractivity contribution is 6.32. The molecule has 0 bridgehead atoms. The topological polar surface area (TPSA) is 66.8 Å². The lowest BCUT2D eigenvalue weighted by Crippen LogP contribution is -2.40. The molecule has 6 heteroatoms. The third kappa shape index (κ3) is 3.04. The molecule has 1 aliphatic heterocycles. The molecule has 1 heterocycles. The Balaban J connectivity index is 2.07. The lowest BCUT2D eigenvalue weighted by atomic mass is 9.96. The van der Waals surface area contributed by atoms with Crippen LogP contribution in [0, 0.1) is 5.92 Å². The fraction of sp³-hybridized carbons (Fsp3) is 0.429. The molecule has 108 valence electrons. The Bertz CT molecular complexity index is 524. The van der Waals surface area contributed by atoms with Crippen LogP contribution in [-0.4, -0.2) is 42.1 Å². The van der Waals surface area contributed by atoms with E-state index < -0.39 is 5.97 Å². The molecule has 1 aromatic rings. The number of carboxylic acids is 1. The van der Waals surface area contributed by atoms with Crippen LogP contribution in [0.15, 0.2) is 18.2 Å². The van der Waals surface area contributed by atoms with Gasteiger partial charge in [-0.2, -0.15) is 0 Å². The van der Waals surface area contributed by atoms with Gasteiger partial charge in [0, 0.05) is 18.7 Å². The minimum atomic E-state index is -0.787. The largest absolute Gasteiger partial charge is 0.495 e. The molecule has 1 N–H and O–H groups in total. The second-order valence-electron chi connectivity index (χ2n) is 4.75. The summed E-state index contributed by atoms with van der Waals surface area (Å²) in [6.45, 7) is 0.918. The van der Waals surface area contributed by atoms with Crippen LogP contribution in [0.1, 0.15) is 23.2 Å². The van der Waals surface area contributed by atoms with E-state index in [-0.39, 0.29) is 11.8 Å². The summed E-state index contributed by atoms with van der Waals surface area (Å²) in [6.07, 6.45) is 0.984. The number of benzene rings is 1. The smallest absolute Gasteiger partial charge is 0.306 e. The van der Waals surface area contributed by atoms with Gasteiger partial charge in [-0.3, -0.25) is 9.59 Å². The number of carbonyl (C=O) groups is 2. The summed E-state index contributed by atoms with van der Waals surface area (Å²) in [7, 11) is 1.49. The maximum Gasteiger partial charge on any atom is 0.306 e. The molecule has 0 atom stereocenters. The summed E-state index contributed by atoms with van der Waals surface area (Å²) in [5, 5.41) is 9.40. The number of ether oxygens (including phenoxy) is 1. The van der Waals surface area contributed by atoms with E-state index in [0.29, 0.717) is 42.3 Å². The lowest BCUT2D eigenvalue weighted by Gasteiger charge is -2.30. The van der Waals surface area contributed by atoms with Crippen LogP contribution >= 0.6 is 11.6 Å². The van der Waals surface area contributed by atoms with Crippen LogP contribution in [0.25, 0.3) is 0 Å². The molecular formula is C14H16ClNO4. The number of hydrogen-bond donors (Lipinski definition) is 1. The first-order chi connectivity index (χ1) is 9.52. The van der Waals surface area contributed by atoms with E-state index in [0.717, 1.165) is 0 Å². The van der Waals surface area contributed by atoms with E-state index in [9.17, 15) is 9.59 Å². The van der Waals surface area contributed by atoms with E-state index in [2.05, 4.69) is 0 Å². The minimum Gasteiger partial charge on any atom is -0.495 e. The van der Waals surface area contributed by atoms with Crippen molar-refractivity contribution in [1.29, 1.82) is 0 Å². The molecule has 0 aromatic heterocycles. The predicted molar refractivity (Wildman–Crippen MR) is 74.3 cm³/mol. The van der Waals surface area contributed by atoms with Crippen molar-refractivity contribution in [3.63, 3.8) is 0 Å². The third-order valence-electron chi connectivity index (χ3n) is 3.53. The fourth-order valence-electron chi connectivity index (χ4n) is 2.30. The number of methoxy groups -OCH3 is 1. The molecule has 2 rings (SSSR count). The minimum absolute atomic E-state index is 0.121. The normalized spacial score (nSPS) is 16.0. The zero-order valence-corrected chi connectivity index (χ0v) is 11.9. The summed E-state index contributed by atoms with van der Waals surface area (Å²) in [4.78, 5) is 24.9. The maximum atomic E-state index is 12.3. The van der Waals surface area contributed by atoms with Gasteiger partial charge in [0.15, 0.2) is 0 Å². The first-order valence-corrected chi connectivity index (χ1v) is 6.76. The maximum absolute atomic E-state index is 12.3. The zero-order valence-electron chi connectivity index (χ0n) is 11.1. The Labute approximate surface area is 122 Å². The highest BCUT2D eigenvalue weighted by Gasteiger charge is 2.27. The van der Waals surface area contributed by atoms with Crippen molar-refractivity contribution < 1.29 is 19.4 Å². The van der Waals surface area contributed by atoms with Crippen LogP contribution in [0.3, 0.4) is 0 Å². The van der Waals surface area contributed by atoms with Crippen LogP contribution in [0.5, 0.6) is 5.75 Å². The van der Waals surface area contributed by atoms with Crippen molar-refractivity contribution in [3.8, 4) is 5.75 Å². The van der Waals surface area contributed by atoms with Gasteiger partial charge in [0.2, 0.25) is 0 Å². The van der Waals surface area contributed by atoms with Crippen LogP contribution in [0.2, 0.25) is 5.02 Å². The van der Waals surface area contributed by atoms with E-state index in [1.807, 2.05) is 0 Å². The summed E-state index contributed by atoms with van der Waals surface area (Å²) in [5.74, 6) is -0.800. The molecule has 0 aliphatic carbocycles. The van der Waals surface area contributed by atoms with Gasteiger partial charge in [-0.15, -0.1) is 0 Å². The molecule has 20 heavy (non-hydrogen) atoms. The number of amides is 1. The summed E-state index contributed by atoms with van der Waals surface area (Å²) in [6, 6.07) is 4.88. The standard InChI is InChI=1S/C14H16ClNO4/c1-20-12-8-10(2-3-11(12)15)13(17)16-6-4-9(5-7-16)14(18)19/h2-3,8-9H,4-7H2,1H3,(H,18,19). The van der Waals surface area contributed by atoms with Gasteiger partial charge >= 0.3 is 5.97 Å². The number of nitrogens with zero attached hydrogens (tertiary/aromatic N) is 1. The number of carbonyl (C=O) groups excluding carboxylic acids is 1. The number of likely N-dealkylation sites (tertiary alicyclic amines) is 1. The molecule has 5 nitrogen and oxygen atoms in total. The molecule has 1 fully saturated rings. The number of aliphatic carboxylic acids is 1. The van der Waals surface area contributed by atoms with Crippen molar-refractivity contribution >= 4 is 23.5 Å². The SMILES string of the molecule is COc1cc(C(=O)N2CCC(C(=O)O)CC2)ccc1Cl. The Kier molecular flexibility index (Phi) is 4.49. The first kappa shape index (κ1) is 14.7. The number of piperidine rings is 1. The molecule has 0 radical (unpaired) electrons. The average Bonchev–Trinajstić information content (AvgIpc) is 2.47. The van der Waals surface area contributed by atoms with Crippen molar-refractivity contribution in [2.45, 2.75) is 12.8 Å². The Morgan fingerprint density at radius 1 is 1.35 bits per heavy atom. The van der Waals surface area contributed by atoms with Crippen molar-refractivity contribution in [1.82, 2.24) is 4.90 Å². The molecule has 1 saturated heterocycles. The molecule has 0 unspecified atom stereocenters. The molecule has 0 saturated carbocycles. The highest BCUT2D eigenvalue weighted by Crippen LogP contribution is 2.26. The molecule has 1 aliphatic rings. The Hall–Kier alpha value is -1.75. The van der Waals surface area contributed by atoms with Crippen molar-refractivity contribution in [3.05, 3.63) is 28.8 Å². The molecule has 1 aromatic carbocycles. The molecule has 0 spiro atoms. The molecular weight excluding hydrogens is 282 g/mol. The summed E-state index contributed by atoms with van der Waals surface area (Å²) < 4.78 is 5.09. The quantitative estimate of drug-likeness (QED) is 0.929. The number of rotatable bonds is 3. The highest BCUT2D eigenvalue weighted by atomic mass is 35.5. The Morgan fingerprint density at radius 2 is 2.00 bits per heavy atom. The van der Waals surface area contributed by atoms with E-state index >= 15 is 0 Å². The number of hydrogen-bond acceptors (Lipinski definition) is 3.